The van der Waals surface area contributed by atoms with E-state index in [4.69, 9.17) is 9.47 Å². The van der Waals surface area contributed by atoms with Gasteiger partial charge >= 0.3 is 0 Å². The number of nitrogens with zero attached hydrogens (tertiary/aromatic N) is 5. The van der Waals surface area contributed by atoms with Crippen LogP contribution in [-0.2, 0) is 16.0 Å². The third-order valence-electron chi connectivity index (χ3n) is 6.74. The number of hydrogen-bond donors (Lipinski definition) is 1. The molecule has 2 aromatic rings. The summed E-state index contributed by atoms with van der Waals surface area (Å²) >= 11 is 0. The van der Waals surface area contributed by atoms with Crippen LogP contribution < -0.4 is 9.80 Å². The van der Waals surface area contributed by atoms with Crippen molar-refractivity contribution < 1.29 is 19.0 Å². The summed E-state index contributed by atoms with van der Waals surface area (Å²) in [5.41, 5.74) is 2.44. The quantitative estimate of drug-likeness (QED) is 0.752. The van der Waals surface area contributed by atoms with Crippen LogP contribution in [0.2, 0.25) is 0 Å². The van der Waals surface area contributed by atoms with E-state index in [0.29, 0.717) is 43.2 Å². The molecule has 1 saturated carbocycles. The fraction of sp³-hybridized carbons (Fsp3) is 0.636. The Balaban J connectivity index is 1.36. The van der Waals surface area contributed by atoms with Crippen LogP contribution in [-0.4, -0.2) is 72.4 Å². The van der Waals surface area contributed by atoms with E-state index in [2.05, 4.69) is 10.3 Å². The molecule has 31 heavy (non-hydrogen) atoms. The Morgan fingerprint density at radius 2 is 2.06 bits per heavy atom. The van der Waals surface area contributed by atoms with Crippen LogP contribution in [0.4, 0.5) is 15.8 Å². The summed E-state index contributed by atoms with van der Waals surface area (Å²) in [4.78, 5) is 3.91. The molecule has 5 rings (SSSR count). The molecular formula is C22H30FN5O3. The van der Waals surface area contributed by atoms with Crippen LogP contribution in [0.3, 0.4) is 0 Å². The van der Waals surface area contributed by atoms with Crippen molar-refractivity contribution >= 4 is 11.4 Å². The molecule has 2 saturated heterocycles. The Hall–Kier alpha value is -2.23. The maximum Gasteiger partial charge on any atom is 0.178 e. The minimum absolute atomic E-state index is 0.0892. The molecule has 0 radical (unpaired) electrons. The van der Waals surface area contributed by atoms with Crippen molar-refractivity contribution in [3.8, 4) is 11.3 Å². The molecule has 2 aliphatic heterocycles. The van der Waals surface area contributed by atoms with Gasteiger partial charge < -0.3 is 24.4 Å². The highest BCUT2D eigenvalue weighted by Gasteiger charge is 2.46. The van der Waals surface area contributed by atoms with Gasteiger partial charge in [-0.25, -0.2) is 9.07 Å². The Morgan fingerprint density at radius 1 is 1.29 bits per heavy atom. The smallest absolute Gasteiger partial charge is 0.178 e. The fourth-order valence-electron chi connectivity index (χ4n) is 4.69. The van der Waals surface area contributed by atoms with Crippen molar-refractivity contribution in [2.45, 2.75) is 44.6 Å². The average Bonchev–Trinajstić information content (AvgIpc) is 3.33. The standard InChI is InChI=1S/C22H30FN5O3/c1-21(13-29)11-27(12-21)19-8-18(26(2)3)15(7-16(19)23)17-9-28(25-24-17)10-20-30-14-22(31-20)5-4-6-22/h7-9,20,29H,4-6,10-14H2,1-3H3. The van der Waals surface area contributed by atoms with Gasteiger partial charge in [0.2, 0.25) is 0 Å². The number of aromatic nitrogens is 3. The number of ether oxygens (including phenoxy) is 2. The van der Waals surface area contributed by atoms with Crippen LogP contribution in [0.1, 0.15) is 26.2 Å². The first-order chi connectivity index (χ1) is 14.8. The van der Waals surface area contributed by atoms with E-state index < -0.39 is 0 Å². The second-order valence-corrected chi connectivity index (χ2v) is 9.76. The summed E-state index contributed by atoms with van der Waals surface area (Å²) in [7, 11) is 3.86. The highest BCUT2D eigenvalue weighted by molar-refractivity contribution is 5.80. The van der Waals surface area contributed by atoms with Crippen LogP contribution in [0, 0.1) is 11.2 Å². The lowest BCUT2D eigenvalue weighted by molar-refractivity contribution is -0.123. The minimum atomic E-state index is -0.325. The van der Waals surface area contributed by atoms with E-state index in [0.717, 1.165) is 18.5 Å². The Bertz CT molecular complexity index is 968. The largest absolute Gasteiger partial charge is 0.396 e. The average molecular weight is 432 g/mol. The second kappa shape index (κ2) is 7.43. The molecule has 3 fully saturated rings. The number of rotatable bonds is 6. The van der Waals surface area contributed by atoms with E-state index in [1.54, 1.807) is 4.68 Å². The first kappa shape index (κ1) is 20.7. The van der Waals surface area contributed by atoms with Crippen molar-refractivity contribution in [2.75, 3.05) is 50.2 Å². The number of anilines is 2. The molecule has 168 valence electrons. The molecule has 1 unspecified atom stereocenters. The Morgan fingerprint density at radius 3 is 2.68 bits per heavy atom. The van der Waals surface area contributed by atoms with E-state index in [1.807, 2.05) is 43.1 Å². The molecule has 9 heteroatoms. The van der Waals surface area contributed by atoms with E-state index >= 15 is 4.39 Å². The zero-order chi connectivity index (χ0) is 21.8. The van der Waals surface area contributed by atoms with E-state index in [9.17, 15) is 5.11 Å². The molecule has 3 heterocycles. The van der Waals surface area contributed by atoms with Crippen molar-refractivity contribution in [1.82, 2.24) is 15.0 Å². The maximum atomic E-state index is 15.1. The third-order valence-corrected chi connectivity index (χ3v) is 6.74. The van der Waals surface area contributed by atoms with Crippen molar-refractivity contribution in [1.29, 1.82) is 0 Å². The summed E-state index contributed by atoms with van der Waals surface area (Å²) in [6, 6.07) is 3.38. The molecule has 1 atom stereocenters. The lowest BCUT2D eigenvalue weighted by Crippen LogP contribution is -2.57. The van der Waals surface area contributed by atoms with Gasteiger partial charge in [-0.15, -0.1) is 5.10 Å². The fourth-order valence-corrected chi connectivity index (χ4v) is 4.69. The summed E-state index contributed by atoms with van der Waals surface area (Å²) in [6.07, 6.45) is 4.78. The zero-order valence-electron chi connectivity index (χ0n) is 18.3. The van der Waals surface area contributed by atoms with Gasteiger partial charge in [-0.1, -0.05) is 12.1 Å². The van der Waals surface area contributed by atoms with Crippen LogP contribution in [0.25, 0.3) is 11.3 Å². The summed E-state index contributed by atoms with van der Waals surface area (Å²) < 4.78 is 28.6. The van der Waals surface area contributed by atoms with Gasteiger partial charge in [0.15, 0.2) is 6.29 Å². The normalized spacial score (nSPS) is 23.6. The lowest BCUT2D eigenvalue weighted by Gasteiger charge is -2.48. The Kier molecular flexibility index (Phi) is 4.95. The highest BCUT2D eigenvalue weighted by Crippen LogP contribution is 2.42. The molecular weight excluding hydrogens is 401 g/mol. The lowest BCUT2D eigenvalue weighted by atomic mass is 9.81. The number of aliphatic hydroxyl groups is 1. The van der Waals surface area contributed by atoms with Crippen LogP contribution in [0.5, 0.6) is 0 Å². The molecule has 0 bridgehead atoms. The van der Waals surface area contributed by atoms with Gasteiger partial charge in [0, 0.05) is 43.9 Å². The number of benzene rings is 1. The molecule has 0 amide bonds. The number of hydrogen-bond acceptors (Lipinski definition) is 7. The molecule has 1 aromatic carbocycles. The third kappa shape index (κ3) is 3.68. The SMILES string of the molecule is CN(C)c1cc(N2CC(C)(CO)C2)c(F)cc1-c1cn(CC2OCC3(CCC3)O2)nn1. The van der Waals surface area contributed by atoms with Gasteiger partial charge in [-0.05, 0) is 31.4 Å². The topological polar surface area (TPSA) is 75.9 Å². The van der Waals surface area contributed by atoms with Crippen molar-refractivity contribution in [2.24, 2.45) is 5.41 Å². The van der Waals surface area contributed by atoms with E-state index in [1.165, 1.54) is 12.5 Å². The second-order valence-electron chi connectivity index (χ2n) is 9.76. The zero-order valence-corrected chi connectivity index (χ0v) is 18.3. The van der Waals surface area contributed by atoms with Crippen LogP contribution >= 0.6 is 0 Å². The number of aliphatic hydroxyl groups excluding tert-OH is 1. The maximum absolute atomic E-state index is 15.1. The van der Waals surface area contributed by atoms with E-state index in [-0.39, 0.29) is 29.7 Å². The predicted molar refractivity (Wildman–Crippen MR) is 115 cm³/mol. The van der Waals surface area contributed by atoms with Gasteiger partial charge in [-0.2, -0.15) is 0 Å². The molecule has 3 aliphatic rings. The van der Waals surface area contributed by atoms with Crippen molar-refractivity contribution in [3.05, 3.63) is 24.1 Å². The van der Waals surface area contributed by atoms with Crippen molar-refractivity contribution in [3.63, 3.8) is 0 Å². The molecule has 1 N–H and O–H groups in total. The van der Waals surface area contributed by atoms with Gasteiger partial charge in [0.05, 0.1) is 37.2 Å². The molecule has 1 aromatic heterocycles. The summed E-state index contributed by atoms with van der Waals surface area (Å²) in [6.45, 7) is 4.47. The highest BCUT2D eigenvalue weighted by atomic mass is 19.1. The molecule has 1 spiro atoms. The summed E-state index contributed by atoms with van der Waals surface area (Å²) in [5, 5.41) is 18.0. The first-order valence-corrected chi connectivity index (χ1v) is 10.9. The number of halogens is 1. The van der Waals surface area contributed by atoms with Gasteiger partial charge in [0.25, 0.3) is 0 Å². The monoisotopic (exact) mass is 431 g/mol. The molecule has 8 nitrogen and oxygen atoms in total. The van der Waals surface area contributed by atoms with Gasteiger partial charge in [0.1, 0.15) is 11.5 Å². The van der Waals surface area contributed by atoms with Crippen LogP contribution in [0.15, 0.2) is 18.3 Å². The Labute approximate surface area is 181 Å². The summed E-state index contributed by atoms with van der Waals surface area (Å²) in [5.74, 6) is -0.301. The molecule has 1 aliphatic carbocycles. The van der Waals surface area contributed by atoms with Gasteiger partial charge in [-0.3, -0.25) is 0 Å². The minimum Gasteiger partial charge on any atom is -0.396 e. The predicted octanol–water partition coefficient (Wildman–Crippen LogP) is 2.26. The first-order valence-electron chi connectivity index (χ1n) is 10.9.